The summed E-state index contributed by atoms with van der Waals surface area (Å²) in [7, 11) is 0. The van der Waals surface area contributed by atoms with Gasteiger partial charge in [-0.15, -0.1) is 0 Å². The number of para-hydroxylation sites is 1. The first kappa shape index (κ1) is 19.3. The van der Waals surface area contributed by atoms with E-state index in [0.717, 1.165) is 16.6 Å². The molecule has 0 unspecified atom stereocenters. The van der Waals surface area contributed by atoms with Crippen molar-refractivity contribution in [3.05, 3.63) is 71.9 Å². The number of aromatic nitrogens is 1. The van der Waals surface area contributed by atoms with E-state index in [1.165, 1.54) is 0 Å². The van der Waals surface area contributed by atoms with Gasteiger partial charge in [0.05, 0.1) is 22.5 Å². The van der Waals surface area contributed by atoms with Gasteiger partial charge >= 0.3 is 0 Å². The number of benzene rings is 2. The Hall–Kier alpha value is -3.98. The second kappa shape index (κ2) is 7.80. The molecule has 6 nitrogen and oxygen atoms in total. The average Bonchev–Trinajstić information content (AvgIpc) is 3.01. The number of carbonyl (C=O) groups is 2. The van der Waals surface area contributed by atoms with Crippen molar-refractivity contribution in [2.24, 2.45) is 5.92 Å². The summed E-state index contributed by atoms with van der Waals surface area (Å²) in [6.45, 7) is 4.54. The van der Waals surface area contributed by atoms with E-state index < -0.39 is 5.91 Å². The van der Waals surface area contributed by atoms with E-state index in [1.807, 2.05) is 44.2 Å². The molecule has 1 aliphatic heterocycles. The Morgan fingerprint density at radius 3 is 2.70 bits per heavy atom. The van der Waals surface area contributed by atoms with Gasteiger partial charge in [0.2, 0.25) is 0 Å². The Morgan fingerprint density at radius 1 is 1.13 bits per heavy atom. The number of nitriles is 1. The molecule has 0 aliphatic carbocycles. The van der Waals surface area contributed by atoms with Crippen molar-refractivity contribution in [2.75, 3.05) is 16.8 Å². The maximum atomic E-state index is 13.2. The van der Waals surface area contributed by atoms with Gasteiger partial charge in [-0.3, -0.25) is 14.6 Å². The largest absolute Gasteiger partial charge is 0.321 e. The molecule has 0 saturated heterocycles. The monoisotopic (exact) mass is 396 g/mol. The van der Waals surface area contributed by atoms with E-state index in [0.29, 0.717) is 17.8 Å². The maximum Gasteiger partial charge on any atom is 0.267 e. The van der Waals surface area contributed by atoms with Crippen molar-refractivity contribution < 1.29 is 9.59 Å². The zero-order valence-corrected chi connectivity index (χ0v) is 16.7. The molecule has 1 aromatic heterocycles. The van der Waals surface area contributed by atoms with Gasteiger partial charge < -0.3 is 10.2 Å². The topological polar surface area (TPSA) is 86.1 Å². The smallest absolute Gasteiger partial charge is 0.267 e. The highest BCUT2D eigenvalue weighted by molar-refractivity contribution is 6.38. The van der Waals surface area contributed by atoms with Crippen LogP contribution < -0.4 is 10.2 Å². The predicted octanol–water partition coefficient (Wildman–Crippen LogP) is 4.15. The molecule has 2 aromatic carbocycles. The van der Waals surface area contributed by atoms with E-state index in [1.54, 1.807) is 41.4 Å². The van der Waals surface area contributed by atoms with Crippen molar-refractivity contribution in [3.63, 3.8) is 0 Å². The van der Waals surface area contributed by atoms with Crippen LogP contribution in [0.3, 0.4) is 0 Å². The average molecular weight is 396 g/mol. The maximum absolute atomic E-state index is 13.2. The normalized spacial score (nSPS) is 14.6. The number of nitrogens with zero attached hydrogens (tertiary/aromatic N) is 3. The highest BCUT2D eigenvalue weighted by Gasteiger charge is 2.36. The van der Waals surface area contributed by atoms with Gasteiger partial charge in [-0.1, -0.05) is 38.1 Å². The fourth-order valence-electron chi connectivity index (χ4n) is 3.69. The van der Waals surface area contributed by atoms with Gasteiger partial charge in [0.25, 0.3) is 11.8 Å². The first-order chi connectivity index (χ1) is 14.5. The fraction of sp³-hybridized carbons (Fsp3) is 0.167. The Labute approximate surface area is 174 Å². The quantitative estimate of drug-likeness (QED) is 0.530. The standard InChI is InChI=1S/C24H20N4O2/c1-15(2)14-28-21-11-4-3-7-17(21)22(24(28)30)18(13-25)23(29)27-20-10-5-9-19-16(20)8-6-12-26-19/h3-12,15H,14H2,1-2H3,(H,27,29). The second-order valence-electron chi connectivity index (χ2n) is 7.52. The van der Waals surface area contributed by atoms with E-state index in [-0.39, 0.29) is 23.0 Å². The molecule has 0 atom stereocenters. The summed E-state index contributed by atoms with van der Waals surface area (Å²) in [6.07, 6.45) is 1.67. The number of rotatable bonds is 4. The number of hydrogen-bond donors (Lipinski definition) is 1. The van der Waals surface area contributed by atoms with Crippen LogP contribution in [0.15, 0.2) is 66.4 Å². The lowest BCUT2D eigenvalue weighted by molar-refractivity contribution is -0.114. The number of fused-ring (bicyclic) bond motifs is 2. The van der Waals surface area contributed by atoms with E-state index in [9.17, 15) is 14.9 Å². The molecular formula is C24H20N4O2. The molecule has 2 amide bonds. The summed E-state index contributed by atoms with van der Waals surface area (Å²) in [4.78, 5) is 32.2. The summed E-state index contributed by atoms with van der Waals surface area (Å²) < 4.78 is 0. The number of hydrogen-bond acceptors (Lipinski definition) is 4. The van der Waals surface area contributed by atoms with Crippen molar-refractivity contribution in [1.29, 1.82) is 5.26 Å². The number of amides is 2. The highest BCUT2D eigenvalue weighted by atomic mass is 16.2. The molecule has 2 heterocycles. The van der Waals surface area contributed by atoms with Crippen LogP contribution in [0.4, 0.5) is 11.4 Å². The van der Waals surface area contributed by atoms with Gasteiger partial charge in [0.15, 0.2) is 0 Å². The lowest BCUT2D eigenvalue weighted by Crippen LogP contribution is -2.31. The summed E-state index contributed by atoms with van der Waals surface area (Å²) in [6, 6.07) is 18.2. The molecule has 0 spiro atoms. The third kappa shape index (κ3) is 3.31. The third-order valence-electron chi connectivity index (χ3n) is 4.95. The van der Waals surface area contributed by atoms with Crippen LogP contribution in [-0.4, -0.2) is 23.3 Å². The van der Waals surface area contributed by atoms with Gasteiger partial charge in [0.1, 0.15) is 11.6 Å². The van der Waals surface area contributed by atoms with Crippen LogP contribution in [-0.2, 0) is 9.59 Å². The molecule has 0 bridgehead atoms. The fourth-order valence-corrected chi connectivity index (χ4v) is 3.69. The Kier molecular flexibility index (Phi) is 5.03. The number of nitrogens with one attached hydrogen (secondary N) is 1. The van der Waals surface area contributed by atoms with Crippen LogP contribution in [0.2, 0.25) is 0 Å². The molecule has 0 radical (unpaired) electrons. The zero-order valence-electron chi connectivity index (χ0n) is 16.7. The molecule has 30 heavy (non-hydrogen) atoms. The van der Waals surface area contributed by atoms with Gasteiger partial charge in [-0.25, -0.2) is 0 Å². The minimum atomic E-state index is -0.613. The van der Waals surface area contributed by atoms with E-state index in [2.05, 4.69) is 10.3 Å². The molecule has 6 heteroatoms. The van der Waals surface area contributed by atoms with Crippen LogP contribution >= 0.6 is 0 Å². The number of pyridine rings is 1. The van der Waals surface area contributed by atoms with E-state index in [4.69, 9.17) is 0 Å². The predicted molar refractivity (Wildman–Crippen MR) is 117 cm³/mol. The Balaban J connectivity index is 1.78. The van der Waals surface area contributed by atoms with Crippen LogP contribution in [0.1, 0.15) is 19.4 Å². The van der Waals surface area contributed by atoms with Gasteiger partial charge in [0, 0.05) is 23.7 Å². The number of anilines is 2. The molecule has 1 aliphatic rings. The van der Waals surface area contributed by atoms with Gasteiger partial charge in [-0.05, 0) is 36.2 Å². The molecule has 4 rings (SSSR count). The zero-order chi connectivity index (χ0) is 21.3. The molecular weight excluding hydrogens is 376 g/mol. The molecule has 0 fully saturated rings. The summed E-state index contributed by atoms with van der Waals surface area (Å²) in [5.41, 5.74) is 2.54. The first-order valence-electron chi connectivity index (χ1n) is 9.72. The van der Waals surface area contributed by atoms with Crippen molar-refractivity contribution in [3.8, 4) is 6.07 Å². The molecule has 0 saturated carbocycles. The van der Waals surface area contributed by atoms with E-state index >= 15 is 0 Å². The van der Waals surface area contributed by atoms with Gasteiger partial charge in [-0.2, -0.15) is 5.26 Å². The molecule has 148 valence electrons. The molecule has 3 aromatic rings. The molecule has 1 N–H and O–H groups in total. The van der Waals surface area contributed by atoms with Crippen molar-refractivity contribution >= 4 is 39.7 Å². The lowest BCUT2D eigenvalue weighted by Gasteiger charge is -2.19. The minimum absolute atomic E-state index is 0.143. The minimum Gasteiger partial charge on any atom is -0.321 e. The van der Waals surface area contributed by atoms with Crippen molar-refractivity contribution in [1.82, 2.24) is 4.98 Å². The van der Waals surface area contributed by atoms with Crippen LogP contribution in [0.25, 0.3) is 16.5 Å². The third-order valence-corrected chi connectivity index (χ3v) is 4.95. The summed E-state index contributed by atoms with van der Waals surface area (Å²) in [5.74, 6) is -0.696. The highest BCUT2D eigenvalue weighted by Crippen LogP contribution is 2.39. The van der Waals surface area contributed by atoms with Crippen LogP contribution in [0.5, 0.6) is 0 Å². The second-order valence-corrected chi connectivity index (χ2v) is 7.52. The number of carbonyl (C=O) groups excluding carboxylic acids is 2. The Bertz CT molecular complexity index is 1230. The SMILES string of the molecule is CC(C)CN1C(=O)C(=C(C#N)C(=O)Nc2cccc3ncccc23)c2ccccc21. The summed E-state index contributed by atoms with van der Waals surface area (Å²) in [5, 5.41) is 13.4. The summed E-state index contributed by atoms with van der Waals surface area (Å²) >= 11 is 0. The van der Waals surface area contributed by atoms with Crippen molar-refractivity contribution in [2.45, 2.75) is 13.8 Å². The van der Waals surface area contributed by atoms with Crippen LogP contribution in [0, 0.1) is 17.2 Å². The lowest BCUT2D eigenvalue weighted by atomic mass is 10.0. The Morgan fingerprint density at radius 2 is 1.93 bits per heavy atom. The first-order valence-corrected chi connectivity index (χ1v) is 9.72.